The van der Waals surface area contributed by atoms with E-state index in [0.29, 0.717) is 24.3 Å². The lowest BCUT2D eigenvalue weighted by Crippen LogP contribution is -2.04. The largest absolute Gasteiger partial charge is 0.377 e. The minimum absolute atomic E-state index is 0.225. The van der Waals surface area contributed by atoms with E-state index in [-0.39, 0.29) is 12.4 Å². The molecule has 1 aromatic rings. The molecule has 0 radical (unpaired) electrons. The van der Waals surface area contributed by atoms with Crippen LogP contribution in [0, 0.1) is 5.82 Å². The first-order chi connectivity index (χ1) is 7.29. The molecule has 2 N–H and O–H groups in total. The van der Waals surface area contributed by atoms with Crippen LogP contribution in [0.25, 0.3) is 0 Å². The van der Waals surface area contributed by atoms with Crippen molar-refractivity contribution < 1.29 is 9.13 Å². The van der Waals surface area contributed by atoms with E-state index in [2.05, 4.69) is 6.92 Å². The number of hydrogen-bond acceptors (Lipinski definition) is 2. The molecule has 3 heteroatoms. The smallest absolute Gasteiger partial charge is 0.133 e. The number of halogens is 1. The van der Waals surface area contributed by atoms with Gasteiger partial charge in [0.05, 0.1) is 6.61 Å². The quantitative estimate of drug-likeness (QED) is 0.734. The molecule has 0 fully saturated rings. The fourth-order valence-corrected chi connectivity index (χ4v) is 1.33. The van der Waals surface area contributed by atoms with Gasteiger partial charge in [0, 0.05) is 24.3 Å². The lowest BCUT2D eigenvalue weighted by atomic mass is 10.1. The summed E-state index contributed by atoms with van der Waals surface area (Å²) in [6, 6.07) is 5.25. The third-order valence-electron chi connectivity index (χ3n) is 2.28. The molecule has 0 aromatic heterocycles. The predicted molar refractivity (Wildman–Crippen MR) is 58.9 cm³/mol. The van der Waals surface area contributed by atoms with Crippen molar-refractivity contribution in [1.29, 1.82) is 0 Å². The van der Waals surface area contributed by atoms with Crippen molar-refractivity contribution in [2.45, 2.75) is 32.9 Å². The van der Waals surface area contributed by atoms with Gasteiger partial charge in [-0.3, -0.25) is 0 Å². The molecule has 0 heterocycles. The van der Waals surface area contributed by atoms with E-state index in [1.54, 1.807) is 12.1 Å². The highest BCUT2D eigenvalue weighted by Crippen LogP contribution is 2.13. The molecule has 1 rings (SSSR count). The van der Waals surface area contributed by atoms with Crippen molar-refractivity contribution in [2.75, 3.05) is 6.61 Å². The van der Waals surface area contributed by atoms with Gasteiger partial charge in [0.15, 0.2) is 0 Å². The maximum atomic E-state index is 13.6. The number of hydrogen-bond donors (Lipinski definition) is 1. The first-order valence-electron chi connectivity index (χ1n) is 5.33. The molecule has 84 valence electrons. The molecule has 0 bridgehead atoms. The topological polar surface area (TPSA) is 35.2 Å². The molecular weight excluding hydrogens is 193 g/mol. The van der Waals surface area contributed by atoms with Crippen molar-refractivity contribution in [3.05, 3.63) is 35.1 Å². The second-order valence-corrected chi connectivity index (χ2v) is 3.50. The summed E-state index contributed by atoms with van der Waals surface area (Å²) in [5, 5.41) is 0. The summed E-state index contributed by atoms with van der Waals surface area (Å²) in [5.74, 6) is -0.225. The molecule has 0 saturated carbocycles. The van der Waals surface area contributed by atoms with Gasteiger partial charge < -0.3 is 10.5 Å². The van der Waals surface area contributed by atoms with Crippen LogP contribution >= 0.6 is 0 Å². The highest BCUT2D eigenvalue weighted by molar-refractivity contribution is 5.25. The van der Waals surface area contributed by atoms with Crippen molar-refractivity contribution in [2.24, 2.45) is 5.73 Å². The normalized spacial score (nSPS) is 10.6. The van der Waals surface area contributed by atoms with Gasteiger partial charge >= 0.3 is 0 Å². The number of unbranched alkanes of at least 4 members (excludes halogenated alkanes) is 1. The Morgan fingerprint density at radius 2 is 2.07 bits per heavy atom. The van der Waals surface area contributed by atoms with Gasteiger partial charge in [-0.25, -0.2) is 4.39 Å². The van der Waals surface area contributed by atoms with Crippen LogP contribution in [0.5, 0.6) is 0 Å². The molecule has 0 aliphatic heterocycles. The number of benzene rings is 1. The van der Waals surface area contributed by atoms with E-state index in [0.717, 1.165) is 12.8 Å². The Labute approximate surface area is 90.2 Å². The maximum absolute atomic E-state index is 13.6. The molecule has 0 atom stereocenters. The van der Waals surface area contributed by atoms with Crippen molar-refractivity contribution in [3.8, 4) is 0 Å². The summed E-state index contributed by atoms with van der Waals surface area (Å²) in [5.41, 5.74) is 6.55. The van der Waals surface area contributed by atoms with Crippen LogP contribution in [0.1, 0.15) is 30.9 Å². The van der Waals surface area contributed by atoms with E-state index in [1.807, 2.05) is 6.07 Å². The monoisotopic (exact) mass is 211 g/mol. The Kier molecular flexibility index (Phi) is 5.29. The Hall–Kier alpha value is -0.930. The standard InChI is InChI=1S/C12H18FNO/c1-2-3-7-15-9-11-6-4-5-10(8-14)12(11)13/h4-6H,2-3,7-9,14H2,1H3. The molecule has 2 nitrogen and oxygen atoms in total. The van der Waals surface area contributed by atoms with E-state index < -0.39 is 0 Å². The zero-order valence-corrected chi connectivity index (χ0v) is 9.13. The molecule has 0 spiro atoms. The zero-order chi connectivity index (χ0) is 11.1. The average Bonchev–Trinajstić information content (AvgIpc) is 2.26. The third-order valence-corrected chi connectivity index (χ3v) is 2.28. The van der Waals surface area contributed by atoms with Gasteiger partial charge in [-0.15, -0.1) is 0 Å². The summed E-state index contributed by atoms with van der Waals surface area (Å²) < 4.78 is 19.0. The molecule has 0 aliphatic rings. The molecule has 0 unspecified atom stereocenters. The molecule has 0 aliphatic carbocycles. The highest BCUT2D eigenvalue weighted by Gasteiger charge is 2.06. The predicted octanol–water partition coefficient (Wildman–Crippen LogP) is 2.60. The average molecular weight is 211 g/mol. The molecule has 0 amide bonds. The Morgan fingerprint density at radius 3 is 2.73 bits per heavy atom. The summed E-state index contributed by atoms with van der Waals surface area (Å²) in [7, 11) is 0. The summed E-state index contributed by atoms with van der Waals surface area (Å²) >= 11 is 0. The van der Waals surface area contributed by atoms with Crippen LogP contribution in [-0.2, 0) is 17.9 Å². The van der Waals surface area contributed by atoms with E-state index in [9.17, 15) is 4.39 Å². The summed E-state index contributed by atoms with van der Waals surface area (Å²) in [4.78, 5) is 0. The Balaban J connectivity index is 2.53. The van der Waals surface area contributed by atoms with E-state index in [4.69, 9.17) is 10.5 Å². The Morgan fingerprint density at radius 1 is 1.33 bits per heavy atom. The Bertz CT molecular complexity index is 302. The lowest BCUT2D eigenvalue weighted by Gasteiger charge is -2.07. The van der Waals surface area contributed by atoms with Crippen LogP contribution < -0.4 is 5.73 Å². The van der Waals surface area contributed by atoms with Gasteiger partial charge in [0.2, 0.25) is 0 Å². The fraction of sp³-hybridized carbons (Fsp3) is 0.500. The first-order valence-corrected chi connectivity index (χ1v) is 5.33. The van der Waals surface area contributed by atoms with Crippen molar-refractivity contribution >= 4 is 0 Å². The number of ether oxygens (including phenoxy) is 1. The molecule has 0 saturated heterocycles. The van der Waals surface area contributed by atoms with Crippen LogP contribution in [0.2, 0.25) is 0 Å². The van der Waals surface area contributed by atoms with Gasteiger partial charge in [0.1, 0.15) is 5.82 Å². The molecule has 15 heavy (non-hydrogen) atoms. The SMILES string of the molecule is CCCCOCc1cccc(CN)c1F. The van der Waals surface area contributed by atoms with Crippen LogP contribution in [-0.4, -0.2) is 6.61 Å². The van der Waals surface area contributed by atoms with Crippen molar-refractivity contribution in [3.63, 3.8) is 0 Å². The molecule has 1 aromatic carbocycles. The fourth-order valence-electron chi connectivity index (χ4n) is 1.33. The minimum Gasteiger partial charge on any atom is -0.377 e. The summed E-state index contributed by atoms with van der Waals surface area (Å²) in [6.45, 7) is 3.34. The van der Waals surface area contributed by atoms with Gasteiger partial charge in [-0.2, -0.15) is 0 Å². The zero-order valence-electron chi connectivity index (χ0n) is 9.13. The van der Waals surface area contributed by atoms with E-state index >= 15 is 0 Å². The van der Waals surface area contributed by atoms with Gasteiger partial charge in [-0.1, -0.05) is 31.5 Å². The second-order valence-electron chi connectivity index (χ2n) is 3.50. The number of rotatable bonds is 6. The third kappa shape index (κ3) is 3.61. The number of nitrogens with two attached hydrogens (primary N) is 1. The van der Waals surface area contributed by atoms with Crippen LogP contribution in [0.3, 0.4) is 0 Å². The van der Waals surface area contributed by atoms with Crippen LogP contribution in [0.4, 0.5) is 4.39 Å². The first kappa shape index (κ1) is 12.1. The second kappa shape index (κ2) is 6.53. The highest BCUT2D eigenvalue weighted by atomic mass is 19.1. The maximum Gasteiger partial charge on any atom is 0.133 e. The van der Waals surface area contributed by atoms with Crippen molar-refractivity contribution in [1.82, 2.24) is 0 Å². The van der Waals surface area contributed by atoms with Crippen LogP contribution in [0.15, 0.2) is 18.2 Å². The van der Waals surface area contributed by atoms with E-state index in [1.165, 1.54) is 0 Å². The molecular formula is C12H18FNO. The summed E-state index contributed by atoms with van der Waals surface area (Å²) in [6.07, 6.45) is 2.10. The minimum atomic E-state index is -0.225. The van der Waals surface area contributed by atoms with Gasteiger partial charge in [0.25, 0.3) is 0 Å². The lowest BCUT2D eigenvalue weighted by molar-refractivity contribution is 0.115. The van der Waals surface area contributed by atoms with Gasteiger partial charge in [-0.05, 0) is 6.42 Å².